The minimum absolute atomic E-state index is 0.0695. The third-order valence-corrected chi connectivity index (χ3v) is 12.6. The molecule has 0 spiro atoms. The number of fused-ring (bicyclic) bond motifs is 3. The van der Waals surface area contributed by atoms with E-state index in [0.29, 0.717) is 35.4 Å². The largest absolute Gasteiger partial charge is 0.462 e. The number of benzene rings is 1. The topological polar surface area (TPSA) is 44.8 Å². The van der Waals surface area contributed by atoms with Crippen LogP contribution in [0.1, 0.15) is 65.5 Å². The first kappa shape index (κ1) is 21.3. The van der Waals surface area contributed by atoms with Crippen molar-refractivity contribution in [1.29, 1.82) is 0 Å². The van der Waals surface area contributed by atoms with Crippen LogP contribution in [0.3, 0.4) is 0 Å². The van der Waals surface area contributed by atoms with Gasteiger partial charge in [-0.1, -0.05) is 71.9 Å². The van der Waals surface area contributed by atoms with Crippen LogP contribution in [-0.4, -0.2) is 26.7 Å². The molecule has 1 aliphatic carbocycles. The van der Waals surface area contributed by atoms with Gasteiger partial charge in [-0.2, -0.15) is 0 Å². The molecule has 0 N–H and O–H groups in total. The van der Waals surface area contributed by atoms with E-state index < -0.39 is 14.1 Å². The molecule has 1 aliphatic heterocycles. The summed E-state index contributed by atoms with van der Waals surface area (Å²) in [6.07, 6.45) is 1.98. The second-order valence-corrected chi connectivity index (χ2v) is 14.2. The van der Waals surface area contributed by atoms with E-state index in [2.05, 4.69) is 53.7 Å². The van der Waals surface area contributed by atoms with Crippen molar-refractivity contribution in [2.24, 2.45) is 0 Å². The molecule has 0 bridgehead atoms. The third kappa shape index (κ3) is 3.08. The molecule has 3 rings (SSSR count). The van der Waals surface area contributed by atoms with Crippen LogP contribution in [0.5, 0.6) is 0 Å². The van der Waals surface area contributed by atoms with E-state index in [1.54, 1.807) is 0 Å². The number of ether oxygens (including phenoxy) is 2. The van der Waals surface area contributed by atoms with Crippen molar-refractivity contribution >= 4 is 14.3 Å². The van der Waals surface area contributed by atoms with Gasteiger partial charge in [-0.15, -0.1) is 0 Å². The standard InChI is InChI=1S/C23H34O4Si/c1-8-25-22(24)21-13-20-19-12-10-9-11-18(19)14-26-23(20,21)27-28(15(2)3,16(4)5)17(6)7/h9-13,15-17,20H,8,14H2,1-7H3/t20-,23-/m0/s1. The second kappa shape index (κ2) is 7.77. The highest BCUT2D eigenvalue weighted by Crippen LogP contribution is 2.57. The van der Waals surface area contributed by atoms with E-state index in [0.717, 1.165) is 5.56 Å². The van der Waals surface area contributed by atoms with Crippen molar-refractivity contribution < 1.29 is 18.7 Å². The number of hydrogen-bond acceptors (Lipinski definition) is 4. The fraction of sp³-hybridized carbons (Fsp3) is 0.609. The van der Waals surface area contributed by atoms with Crippen molar-refractivity contribution in [3.63, 3.8) is 0 Å². The van der Waals surface area contributed by atoms with Gasteiger partial charge in [-0.05, 0) is 34.7 Å². The Morgan fingerprint density at radius 3 is 2.32 bits per heavy atom. The fourth-order valence-corrected chi connectivity index (χ4v) is 10.8. The highest BCUT2D eigenvalue weighted by molar-refractivity contribution is 6.77. The molecule has 0 fully saturated rings. The van der Waals surface area contributed by atoms with Crippen molar-refractivity contribution in [3.8, 4) is 0 Å². The maximum Gasteiger partial charge on any atom is 0.339 e. The molecule has 2 atom stereocenters. The van der Waals surface area contributed by atoms with Gasteiger partial charge in [0.15, 0.2) is 0 Å². The van der Waals surface area contributed by atoms with Crippen LogP contribution in [0, 0.1) is 0 Å². The molecule has 0 saturated heterocycles. The molecule has 154 valence electrons. The van der Waals surface area contributed by atoms with Gasteiger partial charge < -0.3 is 13.9 Å². The predicted molar refractivity (Wildman–Crippen MR) is 114 cm³/mol. The van der Waals surface area contributed by atoms with Gasteiger partial charge in [0, 0.05) is 0 Å². The van der Waals surface area contributed by atoms with Crippen LogP contribution in [0.25, 0.3) is 0 Å². The van der Waals surface area contributed by atoms with Gasteiger partial charge in [-0.3, -0.25) is 0 Å². The number of carbonyl (C=O) groups is 1. The summed E-state index contributed by atoms with van der Waals surface area (Å²) in [5, 5.41) is 0. The highest BCUT2D eigenvalue weighted by atomic mass is 28.4. The summed E-state index contributed by atoms with van der Waals surface area (Å²) in [6, 6.07) is 8.29. The van der Waals surface area contributed by atoms with Gasteiger partial charge in [0.1, 0.15) is 0 Å². The average molecular weight is 403 g/mol. The van der Waals surface area contributed by atoms with E-state index in [4.69, 9.17) is 13.9 Å². The Kier molecular flexibility index (Phi) is 5.90. The molecule has 1 aromatic rings. The predicted octanol–water partition coefficient (Wildman–Crippen LogP) is 5.69. The first-order valence-corrected chi connectivity index (χ1v) is 12.7. The first-order chi connectivity index (χ1) is 13.2. The lowest BCUT2D eigenvalue weighted by Crippen LogP contribution is -2.63. The lowest BCUT2D eigenvalue weighted by molar-refractivity contribution is -0.209. The van der Waals surface area contributed by atoms with E-state index in [9.17, 15) is 4.79 Å². The lowest BCUT2D eigenvalue weighted by Gasteiger charge is -2.56. The smallest absolute Gasteiger partial charge is 0.339 e. The molecule has 0 unspecified atom stereocenters. The minimum Gasteiger partial charge on any atom is -0.462 e. The molecular formula is C23H34O4Si. The molecular weight excluding hydrogens is 368 g/mol. The van der Waals surface area contributed by atoms with E-state index in [1.807, 2.05) is 25.1 Å². The first-order valence-electron chi connectivity index (χ1n) is 10.5. The summed E-state index contributed by atoms with van der Waals surface area (Å²) in [6.45, 7) is 16.1. The van der Waals surface area contributed by atoms with Gasteiger partial charge >= 0.3 is 5.97 Å². The Morgan fingerprint density at radius 2 is 1.75 bits per heavy atom. The fourth-order valence-electron chi connectivity index (χ4n) is 5.26. The van der Waals surface area contributed by atoms with Crippen LogP contribution in [0.2, 0.25) is 16.6 Å². The summed E-state index contributed by atoms with van der Waals surface area (Å²) < 4.78 is 18.9. The van der Waals surface area contributed by atoms with Crippen LogP contribution >= 0.6 is 0 Å². The molecule has 28 heavy (non-hydrogen) atoms. The lowest BCUT2D eigenvalue weighted by atomic mass is 9.72. The number of carbonyl (C=O) groups excluding carboxylic acids is 1. The van der Waals surface area contributed by atoms with E-state index in [1.165, 1.54) is 5.56 Å². The van der Waals surface area contributed by atoms with Crippen molar-refractivity contribution in [2.75, 3.05) is 6.61 Å². The molecule has 1 aromatic carbocycles. The van der Waals surface area contributed by atoms with Crippen LogP contribution in [0.4, 0.5) is 0 Å². The Labute approximate surface area is 170 Å². The summed E-state index contributed by atoms with van der Waals surface area (Å²) in [7, 11) is -2.28. The Hall–Kier alpha value is -1.43. The monoisotopic (exact) mass is 402 g/mol. The van der Waals surface area contributed by atoms with Crippen LogP contribution < -0.4 is 0 Å². The Balaban J connectivity index is 2.11. The third-order valence-electron chi connectivity index (χ3n) is 6.48. The molecule has 4 nitrogen and oxygen atoms in total. The van der Waals surface area contributed by atoms with Crippen molar-refractivity contribution in [2.45, 2.75) is 83.4 Å². The quantitative estimate of drug-likeness (QED) is 0.434. The number of rotatable bonds is 7. The van der Waals surface area contributed by atoms with Gasteiger partial charge in [0.25, 0.3) is 0 Å². The average Bonchev–Trinajstić information content (AvgIpc) is 2.61. The normalized spacial score (nSPS) is 23.9. The zero-order valence-electron chi connectivity index (χ0n) is 18.2. The van der Waals surface area contributed by atoms with E-state index in [-0.39, 0.29) is 11.9 Å². The Bertz CT molecular complexity index is 746. The summed E-state index contributed by atoms with van der Waals surface area (Å²) in [5.74, 6) is -1.41. The Morgan fingerprint density at radius 1 is 1.14 bits per heavy atom. The SMILES string of the molecule is CCOC(=O)C1=C[C@H]2c3ccccc3CO[C@@]12O[Si](C(C)C)(C(C)C)C(C)C. The summed E-state index contributed by atoms with van der Waals surface area (Å²) in [5.41, 5.74) is 4.08. The van der Waals surface area contributed by atoms with Crippen molar-refractivity contribution in [1.82, 2.24) is 0 Å². The molecule has 0 aromatic heterocycles. The molecule has 0 saturated carbocycles. The molecule has 2 aliphatic rings. The van der Waals surface area contributed by atoms with E-state index >= 15 is 0 Å². The molecule has 0 radical (unpaired) electrons. The minimum atomic E-state index is -2.28. The zero-order chi connectivity index (χ0) is 20.7. The van der Waals surface area contributed by atoms with Crippen LogP contribution in [-0.2, 0) is 25.3 Å². The maximum atomic E-state index is 12.8. The zero-order valence-corrected chi connectivity index (χ0v) is 19.2. The number of hydrogen-bond donors (Lipinski definition) is 0. The summed E-state index contributed by atoms with van der Waals surface area (Å²) >= 11 is 0. The van der Waals surface area contributed by atoms with Crippen LogP contribution in [0.15, 0.2) is 35.9 Å². The highest BCUT2D eigenvalue weighted by Gasteiger charge is 2.62. The summed E-state index contributed by atoms with van der Waals surface area (Å²) in [4.78, 5) is 12.8. The molecule has 5 heteroatoms. The van der Waals surface area contributed by atoms with Gasteiger partial charge in [-0.25, -0.2) is 4.79 Å². The molecule has 1 heterocycles. The molecule has 0 amide bonds. The number of esters is 1. The second-order valence-electron chi connectivity index (χ2n) is 8.85. The van der Waals surface area contributed by atoms with Gasteiger partial charge in [0.05, 0.1) is 24.7 Å². The van der Waals surface area contributed by atoms with Gasteiger partial charge in [0.2, 0.25) is 14.1 Å². The van der Waals surface area contributed by atoms with Crippen molar-refractivity contribution in [3.05, 3.63) is 47.0 Å². The maximum absolute atomic E-state index is 12.8.